The summed E-state index contributed by atoms with van der Waals surface area (Å²) in [5, 5.41) is 3.27. The lowest BCUT2D eigenvalue weighted by molar-refractivity contribution is 0.0521. The molecule has 1 atom stereocenters. The van der Waals surface area contributed by atoms with Crippen LogP contribution in [0.25, 0.3) is 11.0 Å². The molecule has 0 fully saturated rings. The molecule has 3 aromatic rings. The number of hydrogen-bond donors (Lipinski definition) is 1. The lowest BCUT2D eigenvalue weighted by Crippen LogP contribution is -2.17. The van der Waals surface area contributed by atoms with Crippen molar-refractivity contribution in [1.29, 1.82) is 0 Å². The fourth-order valence-electron chi connectivity index (χ4n) is 2.61. The molecule has 0 spiro atoms. The standard InChI is InChI=1S/C20H21N3O2/c1-3-25-20(24)18-19(23-17-12-8-7-11-16(17)22-18)21-13-14(2)15-9-5-4-6-10-15/h4-12,14H,3,13H2,1-2H3,(H,21,23)/t14-/m0/s1. The Labute approximate surface area is 147 Å². The van der Waals surface area contributed by atoms with Crippen molar-refractivity contribution in [2.45, 2.75) is 19.8 Å². The minimum Gasteiger partial charge on any atom is -0.461 e. The van der Waals surface area contributed by atoms with Crippen molar-refractivity contribution in [1.82, 2.24) is 9.97 Å². The summed E-state index contributed by atoms with van der Waals surface area (Å²) in [6, 6.07) is 17.7. The van der Waals surface area contributed by atoms with Crippen LogP contribution in [0, 0.1) is 0 Å². The molecular weight excluding hydrogens is 314 g/mol. The number of anilines is 1. The number of carbonyl (C=O) groups is 1. The van der Waals surface area contributed by atoms with Crippen molar-refractivity contribution in [2.24, 2.45) is 0 Å². The Morgan fingerprint density at radius 1 is 1.04 bits per heavy atom. The van der Waals surface area contributed by atoms with E-state index in [0.29, 0.717) is 24.5 Å². The lowest BCUT2D eigenvalue weighted by atomic mass is 10.0. The first-order chi connectivity index (χ1) is 12.2. The van der Waals surface area contributed by atoms with Crippen molar-refractivity contribution >= 4 is 22.8 Å². The van der Waals surface area contributed by atoms with Crippen molar-refractivity contribution in [3.05, 3.63) is 65.9 Å². The Morgan fingerprint density at radius 2 is 1.68 bits per heavy atom. The summed E-state index contributed by atoms with van der Waals surface area (Å²) in [4.78, 5) is 21.3. The third-order valence-electron chi connectivity index (χ3n) is 3.98. The number of esters is 1. The Kier molecular flexibility index (Phi) is 5.23. The molecule has 5 nitrogen and oxygen atoms in total. The van der Waals surface area contributed by atoms with E-state index in [9.17, 15) is 4.79 Å². The number of nitrogens with zero attached hydrogens (tertiary/aromatic N) is 2. The number of rotatable bonds is 6. The van der Waals surface area contributed by atoms with Gasteiger partial charge in [-0.2, -0.15) is 0 Å². The molecular formula is C20H21N3O2. The van der Waals surface area contributed by atoms with Gasteiger partial charge in [-0.3, -0.25) is 0 Å². The van der Waals surface area contributed by atoms with Crippen LogP contribution in [-0.4, -0.2) is 29.1 Å². The average Bonchev–Trinajstić information content (AvgIpc) is 2.66. The first-order valence-corrected chi connectivity index (χ1v) is 8.41. The largest absolute Gasteiger partial charge is 0.461 e. The van der Waals surface area contributed by atoms with E-state index in [1.807, 2.05) is 42.5 Å². The first-order valence-electron chi connectivity index (χ1n) is 8.41. The fraction of sp³-hybridized carbons (Fsp3) is 0.250. The van der Waals surface area contributed by atoms with Crippen LogP contribution < -0.4 is 5.32 Å². The highest BCUT2D eigenvalue weighted by Crippen LogP contribution is 2.20. The van der Waals surface area contributed by atoms with Gasteiger partial charge in [0.1, 0.15) is 0 Å². The molecule has 0 bridgehead atoms. The second-order valence-electron chi connectivity index (χ2n) is 5.82. The zero-order valence-corrected chi connectivity index (χ0v) is 14.4. The van der Waals surface area contributed by atoms with Crippen molar-refractivity contribution in [3.8, 4) is 0 Å². The van der Waals surface area contributed by atoms with Crippen molar-refractivity contribution in [2.75, 3.05) is 18.5 Å². The van der Waals surface area contributed by atoms with Gasteiger partial charge in [0.05, 0.1) is 17.6 Å². The van der Waals surface area contributed by atoms with Gasteiger partial charge in [0.2, 0.25) is 0 Å². The number of benzene rings is 2. The molecule has 2 aromatic carbocycles. The maximum atomic E-state index is 12.3. The van der Waals surface area contributed by atoms with E-state index in [2.05, 4.69) is 34.3 Å². The molecule has 0 unspecified atom stereocenters. The summed E-state index contributed by atoms with van der Waals surface area (Å²) in [6.45, 7) is 4.84. The molecule has 0 aliphatic heterocycles. The van der Waals surface area contributed by atoms with Crippen molar-refractivity contribution < 1.29 is 9.53 Å². The number of nitrogens with one attached hydrogen (secondary N) is 1. The molecule has 1 aromatic heterocycles. The smallest absolute Gasteiger partial charge is 0.360 e. The normalized spacial score (nSPS) is 11.9. The first kappa shape index (κ1) is 16.9. The fourth-order valence-corrected chi connectivity index (χ4v) is 2.61. The highest BCUT2D eigenvalue weighted by molar-refractivity contribution is 5.95. The van der Waals surface area contributed by atoms with Gasteiger partial charge in [-0.15, -0.1) is 0 Å². The molecule has 128 valence electrons. The summed E-state index contributed by atoms with van der Waals surface area (Å²) in [6.07, 6.45) is 0. The summed E-state index contributed by atoms with van der Waals surface area (Å²) in [7, 11) is 0. The second-order valence-corrected chi connectivity index (χ2v) is 5.82. The highest BCUT2D eigenvalue weighted by atomic mass is 16.5. The topological polar surface area (TPSA) is 64.1 Å². The van der Waals surface area contributed by atoms with Gasteiger partial charge < -0.3 is 10.1 Å². The molecule has 1 N–H and O–H groups in total. The number of hydrogen-bond acceptors (Lipinski definition) is 5. The molecule has 0 saturated carbocycles. The minimum atomic E-state index is -0.462. The van der Waals surface area contributed by atoms with Crippen LogP contribution in [0.2, 0.25) is 0 Å². The van der Waals surface area contributed by atoms with E-state index in [0.717, 1.165) is 5.52 Å². The Balaban J connectivity index is 1.88. The monoisotopic (exact) mass is 335 g/mol. The lowest BCUT2D eigenvalue weighted by Gasteiger charge is -2.15. The minimum absolute atomic E-state index is 0.223. The SMILES string of the molecule is CCOC(=O)c1nc2ccccc2nc1NC[C@H](C)c1ccccc1. The van der Waals surface area contributed by atoms with Gasteiger partial charge >= 0.3 is 5.97 Å². The average molecular weight is 335 g/mol. The van der Waals surface area contributed by atoms with Gasteiger partial charge in [0, 0.05) is 6.54 Å². The van der Waals surface area contributed by atoms with Gasteiger partial charge in [0.15, 0.2) is 11.5 Å². The number of ether oxygens (including phenoxy) is 1. The summed E-state index contributed by atoms with van der Waals surface area (Å²) in [5.41, 5.74) is 2.86. The van der Waals surface area contributed by atoms with E-state index < -0.39 is 5.97 Å². The molecule has 0 amide bonds. The van der Waals surface area contributed by atoms with Gasteiger partial charge in [-0.1, -0.05) is 49.4 Å². The van der Waals surface area contributed by atoms with E-state index in [-0.39, 0.29) is 11.6 Å². The maximum Gasteiger partial charge on any atom is 0.360 e. The molecule has 0 aliphatic carbocycles. The van der Waals surface area contributed by atoms with Crippen LogP contribution in [0.3, 0.4) is 0 Å². The summed E-state index contributed by atoms with van der Waals surface area (Å²) < 4.78 is 5.13. The maximum absolute atomic E-state index is 12.3. The third-order valence-corrected chi connectivity index (χ3v) is 3.98. The zero-order valence-electron chi connectivity index (χ0n) is 14.4. The number of para-hydroxylation sites is 2. The zero-order chi connectivity index (χ0) is 17.6. The molecule has 1 heterocycles. The van der Waals surface area contributed by atoms with E-state index >= 15 is 0 Å². The summed E-state index contributed by atoms with van der Waals surface area (Å²) >= 11 is 0. The predicted octanol–water partition coefficient (Wildman–Crippen LogP) is 4.02. The van der Waals surface area contributed by atoms with E-state index in [4.69, 9.17) is 4.74 Å². The second kappa shape index (κ2) is 7.75. The van der Waals surface area contributed by atoms with Gasteiger partial charge in [-0.25, -0.2) is 14.8 Å². The van der Waals surface area contributed by atoms with Crippen LogP contribution in [0.1, 0.15) is 35.8 Å². The number of carbonyl (C=O) groups excluding carboxylic acids is 1. The summed E-state index contributed by atoms with van der Waals surface area (Å²) in [5.74, 6) is 0.264. The molecule has 25 heavy (non-hydrogen) atoms. The van der Waals surface area contributed by atoms with Crippen molar-refractivity contribution in [3.63, 3.8) is 0 Å². The van der Waals surface area contributed by atoms with Crippen LogP contribution in [0.4, 0.5) is 5.82 Å². The molecule has 0 saturated heterocycles. The number of fused-ring (bicyclic) bond motifs is 1. The molecule has 0 aliphatic rings. The van der Waals surface area contributed by atoms with E-state index in [1.165, 1.54) is 5.56 Å². The highest BCUT2D eigenvalue weighted by Gasteiger charge is 2.18. The third kappa shape index (κ3) is 3.94. The van der Waals surface area contributed by atoms with Crippen LogP contribution in [0.15, 0.2) is 54.6 Å². The molecule has 3 rings (SSSR count). The van der Waals surface area contributed by atoms with Gasteiger partial charge in [-0.05, 0) is 30.5 Å². The predicted molar refractivity (Wildman–Crippen MR) is 98.8 cm³/mol. The Bertz CT molecular complexity index is 865. The molecule has 5 heteroatoms. The Morgan fingerprint density at radius 3 is 2.36 bits per heavy atom. The van der Waals surface area contributed by atoms with E-state index in [1.54, 1.807) is 6.92 Å². The number of aromatic nitrogens is 2. The molecule has 0 radical (unpaired) electrons. The Hall–Kier alpha value is -2.95. The van der Waals surface area contributed by atoms with Crippen LogP contribution >= 0.6 is 0 Å². The quantitative estimate of drug-likeness (QED) is 0.689. The van der Waals surface area contributed by atoms with Crippen LogP contribution in [0.5, 0.6) is 0 Å². The van der Waals surface area contributed by atoms with Crippen LogP contribution in [-0.2, 0) is 4.74 Å². The van der Waals surface area contributed by atoms with Gasteiger partial charge in [0.25, 0.3) is 0 Å².